The molecule has 4 aromatic rings. The van der Waals surface area contributed by atoms with Crippen LogP contribution in [0.1, 0.15) is 30.5 Å². The van der Waals surface area contributed by atoms with Crippen molar-refractivity contribution in [2.24, 2.45) is 0 Å². The second kappa shape index (κ2) is 10.3. The number of aryl methyl sites for hydroxylation is 1. The van der Waals surface area contributed by atoms with Crippen LogP contribution in [0.15, 0.2) is 77.4 Å². The molecule has 0 aliphatic heterocycles. The third kappa shape index (κ3) is 4.84. The van der Waals surface area contributed by atoms with E-state index in [1.165, 1.54) is 0 Å². The Labute approximate surface area is 200 Å². The van der Waals surface area contributed by atoms with Crippen molar-refractivity contribution in [1.82, 2.24) is 5.32 Å². The highest BCUT2D eigenvalue weighted by Crippen LogP contribution is 2.41. The Kier molecular flexibility index (Phi) is 7.02. The highest BCUT2D eigenvalue weighted by molar-refractivity contribution is 6.01. The first-order valence-corrected chi connectivity index (χ1v) is 11.3. The Bertz CT molecular complexity index is 1340. The second-order valence-electron chi connectivity index (χ2n) is 8.10. The van der Waals surface area contributed by atoms with Gasteiger partial charge in [0.25, 0.3) is 0 Å². The van der Waals surface area contributed by atoms with E-state index in [1.54, 1.807) is 19.4 Å². The zero-order valence-electron chi connectivity index (χ0n) is 20.0. The van der Waals surface area contributed by atoms with E-state index in [1.807, 2.05) is 81.4 Å². The fourth-order valence-corrected chi connectivity index (χ4v) is 4.06. The maximum absolute atomic E-state index is 12.7. The zero-order valence-corrected chi connectivity index (χ0v) is 20.0. The van der Waals surface area contributed by atoms with Gasteiger partial charge in [-0.2, -0.15) is 0 Å². The minimum atomic E-state index is -0.151. The number of hydrogen-bond acceptors (Lipinski definition) is 4. The highest BCUT2D eigenvalue weighted by atomic mass is 16.5. The predicted octanol–water partition coefficient (Wildman–Crippen LogP) is 6.54. The van der Waals surface area contributed by atoms with Crippen molar-refractivity contribution in [2.45, 2.75) is 27.3 Å². The topological polar surface area (TPSA) is 60.7 Å². The van der Waals surface area contributed by atoms with Gasteiger partial charge in [0.2, 0.25) is 5.91 Å². The summed E-state index contributed by atoms with van der Waals surface area (Å²) >= 11 is 0. The lowest BCUT2D eigenvalue weighted by Gasteiger charge is -2.15. The largest absolute Gasteiger partial charge is 0.497 e. The Hall–Kier alpha value is -3.99. The number of ether oxygens (including phenoxy) is 2. The Balaban J connectivity index is 1.73. The molecule has 1 amide bonds. The molecule has 1 aromatic heterocycles. The van der Waals surface area contributed by atoms with Crippen molar-refractivity contribution in [1.29, 1.82) is 0 Å². The summed E-state index contributed by atoms with van der Waals surface area (Å²) in [6.45, 7) is 6.84. The fraction of sp³-hybridized carbons (Fsp3) is 0.207. The van der Waals surface area contributed by atoms with Crippen LogP contribution in [0.4, 0.5) is 0 Å². The van der Waals surface area contributed by atoms with Crippen molar-refractivity contribution < 1.29 is 18.7 Å². The number of fused-ring (bicyclic) bond motifs is 1. The van der Waals surface area contributed by atoms with Crippen molar-refractivity contribution in [3.63, 3.8) is 0 Å². The maximum Gasteiger partial charge on any atom is 0.244 e. The quantitative estimate of drug-likeness (QED) is 0.307. The van der Waals surface area contributed by atoms with Gasteiger partial charge in [0, 0.05) is 34.7 Å². The number of amides is 1. The van der Waals surface area contributed by atoms with E-state index in [2.05, 4.69) is 5.32 Å². The van der Waals surface area contributed by atoms with Gasteiger partial charge >= 0.3 is 0 Å². The minimum Gasteiger partial charge on any atom is -0.497 e. The predicted molar refractivity (Wildman–Crippen MR) is 136 cm³/mol. The van der Waals surface area contributed by atoms with Gasteiger partial charge in [-0.3, -0.25) is 4.79 Å². The van der Waals surface area contributed by atoms with Crippen LogP contribution in [0, 0.1) is 6.92 Å². The van der Waals surface area contributed by atoms with E-state index in [0.29, 0.717) is 13.2 Å². The summed E-state index contributed by atoms with van der Waals surface area (Å²) in [4.78, 5) is 12.7. The molecule has 3 aromatic carbocycles. The summed E-state index contributed by atoms with van der Waals surface area (Å²) in [6.07, 6.45) is 3.38. The second-order valence-corrected chi connectivity index (χ2v) is 8.10. The summed E-state index contributed by atoms with van der Waals surface area (Å²) in [5, 5.41) is 3.92. The van der Waals surface area contributed by atoms with Crippen LogP contribution < -0.4 is 14.8 Å². The van der Waals surface area contributed by atoms with Crippen LogP contribution in [0.3, 0.4) is 0 Å². The third-order valence-electron chi connectivity index (χ3n) is 5.80. The highest BCUT2D eigenvalue weighted by Gasteiger charge is 2.19. The molecular weight excluding hydrogens is 426 g/mol. The van der Waals surface area contributed by atoms with Gasteiger partial charge in [-0.25, -0.2) is 0 Å². The number of allylic oxidation sites excluding steroid dienone is 1. The van der Waals surface area contributed by atoms with Gasteiger partial charge in [0.1, 0.15) is 17.1 Å². The first-order chi connectivity index (χ1) is 16.5. The molecule has 0 unspecified atom stereocenters. The first-order valence-electron chi connectivity index (χ1n) is 11.3. The molecule has 0 aliphatic carbocycles. The van der Waals surface area contributed by atoms with E-state index in [9.17, 15) is 4.79 Å². The summed E-state index contributed by atoms with van der Waals surface area (Å²) in [5.41, 5.74) is 6.37. The lowest BCUT2D eigenvalue weighted by atomic mass is 9.96. The van der Waals surface area contributed by atoms with E-state index >= 15 is 0 Å². The number of benzene rings is 3. The average Bonchev–Trinajstić information content (AvgIpc) is 3.29. The summed E-state index contributed by atoms with van der Waals surface area (Å²) < 4.78 is 17.4. The molecule has 0 atom stereocenters. The number of hydrogen-bond donors (Lipinski definition) is 1. The molecule has 0 saturated heterocycles. The number of carbonyl (C=O) groups excluding carboxylic acids is 1. The summed E-state index contributed by atoms with van der Waals surface area (Å²) in [6, 6.07) is 19.8. The van der Waals surface area contributed by atoms with E-state index < -0.39 is 0 Å². The monoisotopic (exact) mass is 455 g/mol. The van der Waals surface area contributed by atoms with E-state index in [4.69, 9.17) is 13.9 Å². The van der Waals surface area contributed by atoms with Gasteiger partial charge in [-0.05, 0) is 55.7 Å². The Morgan fingerprint density at radius 2 is 1.88 bits per heavy atom. The van der Waals surface area contributed by atoms with E-state index in [-0.39, 0.29) is 5.91 Å². The van der Waals surface area contributed by atoms with Gasteiger partial charge in [-0.15, -0.1) is 0 Å². The minimum absolute atomic E-state index is 0.151. The average molecular weight is 456 g/mol. The molecule has 0 saturated carbocycles. The normalized spacial score (nSPS) is 11.5. The summed E-state index contributed by atoms with van der Waals surface area (Å²) in [5.74, 6) is 1.36. The summed E-state index contributed by atoms with van der Waals surface area (Å²) in [7, 11) is 1.65. The van der Waals surface area contributed by atoms with Gasteiger partial charge in [0.05, 0.1) is 20.0 Å². The zero-order chi connectivity index (χ0) is 24.1. The smallest absolute Gasteiger partial charge is 0.244 e. The molecular formula is C29H29NO4. The number of methoxy groups -OCH3 is 1. The third-order valence-corrected chi connectivity index (χ3v) is 5.80. The lowest BCUT2D eigenvalue weighted by molar-refractivity contribution is -0.116. The Morgan fingerprint density at radius 3 is 2.62 bits per heavy atom. The molecule has 5 nitrogen and oxygen atoms in total. The number of rotatable bonds is 8. The molecule has 0 aliphatic rings. The SMILES string of the molecule is CCOc1c(/C(C)=C/C(=O)NCc2ccccc2)cc2c(-c3cccc(OC)c3)coc2c1C. The molecule has 34 heavy (non-hydrogen) atoms. The standard InChI is InChI=1S/C29H29NO4/c1-5-33-28-20(3)29-25(26(18-34-29)22-12-9-13-23(15-22)32-4)16-24(28)19(2)14-27(31)30-17-21-10-7-6-8-11-21/h6-16,18H,5,17H2,1-4H3,(H,30,31)/b19-14+. The fourth-order valence-electron chi connectivity index (χ4n) is 4.06. The number of nitrogens with one attached hydrogen (secondary N) is 1. The van der Waals surface area contributed by atoms with E-state index in [0.717, 1.165) is 55.9 Å². The van der Waals surface area contributed by atoms with Crippen molar-refractivity contribution in [3.05, 3.63) is 89.7 Å². The Morgan fingerprint density at radius 1 is 1.09 bits per heavy atom. The van der Waals surface area contributed by atoms with Crippen LogP contribution in [-0.4, -0.2) is 19.6 Å². The first kappa shape index (κ1) is 23.2. The number of furan rings is 1. The van der Waals surface area contributed by atoms with Crippen LogP contribution in [-0.2, 0) is 11.3 Å². The molecule has 0 radical (unpaired) electrons. The molecule has 1 heterocycles. The van der Waals surface area contributed by atoms with Crippen LogP contribution >= 0.6 is 0 Å². The molecule has 0 fully saturated rings. The molecule has 4 rings (SSSR count). The molecule has 0 bridgehead atoms. The van der Waals surface area contributed by atoms with Crippen molar-refractivity contribution >= 4 is 22.4 Å². The lowest BCUT2D eigenvalue weighted by Crippen LogP contribution is -2.20. The molecule has 0 spiro atoms. The molecule has 1 N–H and O–H groups in total. The van der Waals surface area contributed by atoms with Crippen LogP contribution in [0.25, 0.3) is 27.7 Å². The molecule has 174 valence electrons. The van der Waals surface area contributed by atoms with Crippen molar-refractivity contribution in [3.8, 4) is 22.6 Å². The molecule has 5 heteroatoms. The maximum atomic E-state index is 12.7. The number of carbonyl (C=O) groups is 1. The van der Waals surface area contributed by atoms with Crippen LogP contribution in [0.2, 0.25) is 0 Å². The van der Waals surface area contributed by atoms with Crippen LogP contribution in [0.5, 0.6) is 11.5 Å². The van der Waals surface area contributed by atoms with Gasteiger partial charge in [-0.1, -0.05) is 42.5 Å². The van der Waals surface area contributed by atoms with Gasteiger partial charge in [0.15, 0.2) is 0 Å². The van der Waals surface area contributed by atoms with Crippen molar-refractivity contribution in [2.75, 3.05) is 13.7 Å². The van der Waals surface area contributed by atoms with Gasteiger partial charge < -0.3 is 19.2 Å².